The Hall–Kier alpha value is -4.57. The zero-order chi connectivity index (χ0) is 39.5. The molecular weight excluding hydrogens is 746 g/mol. The van der Waals surface area contributed by atoms with Crippen LogP contribution < -0.4 is 10.6 Å². The number of hydrogen-bond acceptors (Lipinski definition) is 11. The number of methoxy groups -OCH3 is 1. The van der Waals surface area contributed by atoms with Gasteiger partial charge < -0.3 is 25.3 Å². The van der Waals surface area contributed by atoms with E-state index in [1.165, 1.54) is 19.2 Å². The first-order chi connectivity index (χ1) is 26.9. The van der Waals surface area contributed by atoms with Crippen LogP contribution >= 0.6 is 11.8 Å². The second-order valence-corrected chi connectivity index (χ2v) is 16.4. The van der Waals surface area contributed by atoms with E-state index in [1.807, 2.05) is 24.9 Å². The minimum absolute atomic E-state index is 0.0544. The molecular formula is C40H47F3N8O4S. The third kappa shape index (κ3) is 8.85. The lowest BCUT2D eigenvalue weighted by Gasteiger charge is -2.17. The molecule has 298 valence electrons. The Morgan fingerprint density at radius 1 is 1.04 bits per heavy atom. The average molecular weight is 793 g/mol. The van der Waals surface area contributed by atoms with E-state index < -0.39 is 17.8 Å². The predicted octanol–water partition coefficient (Wildman–Crippen LogP) is 7.18. The summed E-state index contributed by atoms with van der Waals surface area (Å²) in [6, 6.07) is 11.3. The van der Waals surface area contributed by atoms with Crippen LogP contribution in [0.1, 0.15) is 78.7 Å². The van der Waals surface area contributed by atoms with Crippen LogP contribution in [0, 0.1) is 11.8 Å². The molecule has 2 aromatic carbocycles. The number of aromatic amines is 1. The molecule has 56 heavy (non-hydrogen) atoms. The van der Waals surface area contributed by atoms with E-state index in [1.54, 1.807) is 24.3 Å². The van der Waals surface area contributed by atoms with Crippen molar-refractivity contribution in [2.24, 2.45) is 22.1 Å². The normalized spacial score (nSPS) is 19.9. The predicted molar refractivity (Wildman–Crippen MR) is 209 cm³/mol. The van der Waals surface area contributed by atoms with Gasteiger partial charge in [0.1, 0.15) is 23.1 Å². The second-order valence-electron chi connectivity index (χ2n) is 15.1. The van der Waals surface area contributed by atoms with Gasteiger partial charge in [-0.15, -0.1) is 10.2 Å². The minimum atomic E-state index is -4.63. The Labute approximate surface area is 327 Å². The number of carbonyl (C=O) groups excluding carboxylic acids is 3. The fraction of sp³-hybridized carbons (Fsp3) is 0.525. The lowest BCUT2D eigenvalue weighted by Crippen LogP contribution is -2.30. The van der Waals surface area contributed by atoms with Gasteiger partial charge in [-0.1, -0.05) is 36.8 Å². The number of alkyl halides is 3. The summed E-state index contributed by atoms with van der Waals surface area (Å²) in [5, 5.41) is 15.3. The molecule has 4 heterocycles. The summed E-state index contributed by atoms with van der Waals surface area (Å²) in [7, 11) is 3.36. The van der Waals surface area contributed by atoms with Gasteiger partial charge in [-0.05, 0) is 81.1 Å². The number of ether oxygens (including phenoxy) is 1. The molecule has 7 rings (SSSR count). The summed E-state index contributed by atoms with van der Waals surface area (Å²) in [6.07, 6.45) is 2.19. The number of anilines is 1. The van der Waals surface area contributed by atoms with E-state index in [4.69, 9.17) is 14.7 Å². The van der Waals surface area contributed by atoms with Gasteiger partial charge in [-0.3, -0.25) is 9.59 Å². The zero-order valence-corrected chi connectivity index (χ0v) is 32.4. The molecule has 1 amide bonds. The number of Topliss-reactive ketones (excluding diaryl/α,β-unsaturated/α-hetero) is 1. The Balaban J connectivity index is 0.906. The number of hydrogen-bond donors (Lipinski definition) is 3. The van der Waals surface area contributed by atoms with Gasteiger partial charge in [0.2, 0.25) is 5.91 Å². The molecule has 16 heteroatoms. The lowest BCUT2D eigenvalue weighted by molar-refractivity contribution is -0.166. The number of thioether (sulfide) groups is 1. The molecule has 12 nitrogen and oxygen atoms in total. The number of rotatable bonds is 18. The Kier molecular flexibility index (Phi) is 12.0. The number of aromatic nitrogens is 3. The highest BCUT2D eigenvalue weighted by Gasteiger charge is 2.65. The standard InChI is InChI=1S/C40H47F3N8O4S/c1-51(16-6-14-44-34(53)11-4-3-10-32-30-22-28(52)20-26(30)23-56-32)17-7-15-45-36-35-29-13-12-25(38(54)55-2)21-31(29)46-37(35)48-33(47-36)19-24-8-5-9-27(18-24)39(49-50-39)40(41,42)43/h5,8-9,12-13,18,21,26,30,32H,3-4,6-7,10-11,14-17,19-20,22-23H2,1-2H3,(H,44,53)(H2,45,46,47,48). The highest BCUT2D eigenvalue weighted by Crippen LogP contribution is 2.52. The van der Waals surface area contributed by atoms with Gasteiger partial charge in [-0.25, -0.2) is 14.8 Å². The highest BCUT2D eigenvalue weighted by atomic mass is 32.2. The van der Waals surface area contributed by atoms with Crippen molar-refractivity contribution >= 4 is 57.2 Å². The van der Waals surface area contributed by atoms with Crippen LogP contribution in [-0.4, -0.2) is 95.0 Å². The minimum Gasteiger partial charge on any atom is -0.465 e. The Morgan fingerprint density at radius 2 is 1.84 bits per heavy atom. The molecule has 0 bridgehead atoms. The molecule has 1 saturated carbocycles. The fourth-order valence-electron chi connectivity index (χ4n) is 8.03. The van der Waals surface area contributed by atoms with Crippen molar-refractivity contribution in [2.45, 2.75) is 74.9 Å². The highest BCUT2D eigenvalue weighted by molar-refractivity contribution is 8.00. The second kappa shape index (κ2) is 16.9. The molecule has 0 radical (unpaired) electrons. The molecule has 4 aromatic rings. The van der Waals surface area contributed by atoms with Crippen molar-refractivity contribution < 1.29 is 32.3 Å². The third-order valence-corrected chi connectivity index (χ3v) is 12.7. The largest absolute Gasteiger partial charge is 0.465 e. The van der Waals surface area contributed by atoms with Gasteiger partial charge in [0.25, 0.3) is 0 Å². The summed E-state index contributed by atoms with van der Waals surface area (Å²) in [5.41, 5.74) is -0.430. The van der Waals surface area contributed by atoms with Crippen molar-refractivity contribution in [3.8, 4) is 0 Å². The molecule has 1 saturated heterocycles. The van der Waals surface area contributed by atoms with Crippen LogP contribution in [0.25, 0.3) is 21.9 Å². The van der Waals surface area contributed by atoms with Crippen LogP contribution in [0.15, 0.2) is 52.7 Å². The van der Waals surface area contributed by atoms with Crippen molar-refractivity contribution in [3.05, 3.63) is 65.0 Å². The van der Waals surface area contributed by atoms with E-state index in [2.05, 4.69) is 30.7 Å². The number of H-pyrrole nitrogens is 1. The summed E-state index contributed by atoms with van der Waals surface area (Å²) in [4.78, 5) is 51.5. The summed E-state index contributed by atoms with van der Waals surface area (Å²) in [6.45, 7) is 2.83. The maximum absolute atomic E-state index is 13.7. The molecule has 2 fully saturated rings. The number of benzene rings is 2. The van der Waals surface area contributed by atoms with E-state index >= 15 is 0 Å². The first-order valence-corrected chi connectivity index (χ1v) is 20.3. The van der Waals surface area contributed by atoms with Gasteiger partial charge >= 0.3 is 17.8 Å². The number of nitrogens with one attached hydrogen (secondary N) is 3. The number of unbranched alkanes of at least 4 members (excludes halogenated alkanes) is 1. The molecule has 2 aromatic heterocycles. The van der Waals surface area contributed by atoms with E-state index in [0.717, 1.165) is 74.6 Å². The van der Waals surface area contributed by atoms with Crippen molar-refractivity contribution in [1.82, 2.24) is 25.2 Å². The number of amides is 1. The van der Waals surface area contributed by atoms with Crippen LogP contribution in [-0.2, 0) is 26.4 Å². The van der Waals surface area contributed by atoms with Crippen LogP contribution in [0.4, 0.5) is 19.0 Å². The summed E-state index contributed by atoms with van der Waals surface area (Å²) >= 11 is 2.01. The fourth-order valence-corrected chi connectivity index (χ4v) is 9.79. The first-order valence-electron chi connectivity index (χ1n) is 19.3. The molecule has 3 atom stereocenters. The number of carbonyl (C=O) groups is 3. The number of esters is 1. The topological polar surface area (TPSA) is 154 Å². The van der Waals surface area contributed by atoms with Crippen LogP contribution in [0.3, 0.4) is 0 Å². The maximum Gasteiger partial charge on any atom is 0.442 e. The van der Waals surface area contributed by atoms with Gasteiger partial charge in [0, 0.05) is 60.5 Å². The van der Waals surface area contributed by atoms with Crippen molar-refractivity contribution in [2.75, 3.05) is 51.4 Å². The maximum atomic E-state index is 13.7. The van der Waals surface area contributed by atoms with E-state index in [-0.39, 0.29) is 17.9 Å². The van der Waals surface area contributed by atoms with Gasteiger partial charge in [0.05, 0.1) is 18.1 Å². The number of nitrogens with zero attached hydrogens (tertiary/aromatic N) is 5. The summed E-state index contributed by atoms with van der Waals surface area (Å²) < 4.78 is 46.0. The van der Waals surface area contributed by atoms with Crippen LogP contribution in [0.5, 0.6) is 0 Å². The molecule has 1 aliphatic carbocycles. The number of halogens is 3. The molecule has 0 spiro atoms. The number of ketones is 1. The quantitative estimate of drug-likeness (QED) is 0.0703. The van der Waals surface area contributed by atoms with Crippen LogP contribution in [0.2, 0.25) is 0 Å². The molecule has 3 aliphatic rings. The third-order valence-electron chi connectivity index (χ3n) is 11.1. The monoisotopic (exact) mass is 792 g/mol. The van der Waals surface area contributed by atoms with Crippen molar-refractivity contribution in [1.29, 1.82) is 0 Å². The smallest absolute Gasteiger partial charge is 0.442 e. The average Bonchev–Trinajstić information content (AvgIpc) is 3.65. The molecule has 3 N–H and O–H groups in total. The van der Waals surface area contributed by atoms with Gasteiger partial charge in [-0.2, -0.15) is 24.9 Å². The summed E-state index contributed by atoms with van der Waals surface area (Å²) in [5.74, 6) is 3.25. The Morgan fingerprint density at radius 3 is 2.61 bits per heavy atom. The lowest BCUT2D eigenvalue weighted by atomic mass is 9.92. The Bertz CT molecular complexity index is 2120. The molecule has 3 unspecified atom stereocenters. The van der Waals surface area contributed by atoms with Crippen molar-refractivity contribution in [3.63, 3.8) is 0 Å². The van der Waals surface area contributed by atoms with E-state index in [0.29, 0.717) is 76.3 Å². The van der Waals surface area contributed by atoms with Gasteiger partial charge in [0.15, 0.2) is 0 Å². The SMILES string of the molecule is COC(=O)c1ccc2c(c1)[nH]c1nc(Cc3cccc(C4(C(F)(F)F)N=N4)c3)nc(NCCCN(C)CCCNC(=O)CCCCC3SCC4CC(=O)CC43)c12. The zero-order valence-electron chi connectivity index (χ0n) is 31.6. The molecule has 2 aliphatic heterocycles. The van der Waals surface area contributed by atoms with E-state index in [9.17, 15) is 27.6 Å². The first kappa shape index (κ1) is 39.7. The number of fused-ring (bicyclic) bond motifs is 4.